The molecule has 1 aromatic heterocycles. The minimum Gasteiger partial charge on any atom is -0.497 e. The highest BCUT2D eigenvalue weighted by Crippen LogP contribution is 2.35. The number of aryl methyl sites for hydroxylation is 1. The van der Waals surface area contributed by atoms with Crippen LogP contribution in [0.25, 0.3) is 11.0 Å². The first-order valence-electron chi connectivity index (χ1n) is 10.7. The van der Waals surface area contributed by atoms with Crippen LogP contribution in [0.3, 0.4) is 0 Å². The van der Waals surface area contributed by atoms with Crippen LogP contribution in [0.5, 0.6) is 17.2 Å². The molecule has 0 N–H and O–H groups in total. The van der Waals surface area contributed by atoms with Crippen LogP contribution in [0.1, 0.15) is 22.7 Å². The molecular formula is C25H27NO6S. The van der Waals surface area contributed by atoms with Crippen LogP contribution in [-0.2, 0) is 11.2 Å². The summed E-state index contributed by atoms with van der Waals surface area (Å²) < 4.78 is 21.6. The largest absolute Gasteiger partial charge is 0.497 e. The molecule has 0 radical (unpaired) electrons. The van der Waals surface area contributed by atoms with E-state index in [0.717, 1.165) is 22.8 Å². The third-order valence-electron chi connectivity index (χ3n) is 6.05. The van der Waals surface area contributed by atoms with E-state index in [9.17, 15) is 9.59 Å². The molecule has 33 heavy (non-hydrogen) atoms. The second kappa shape index (κ2) is 9.79. The second-order valence-corrected chi connectivity index (χ2v) is 8.97. The number of thioether (sulfide) groups is 1. The van der Waals surface area contributed by atoms with Crippen molar-refractivity contribution in [2.45, 2.75) is 19.4 Å². The topological polar surface area (TPSA) is 78.2 Å². The molecule has 8 heteroatoms. The Hall–Kier alpha value is -3.13. The Morgan fingerprint density at radius 2 is 1.82 bits per heavy atom. The van der Waals surface area contributed by atoms with Crippen LogP contribution in [0.15, 0.2) is 45.6 Å². The first kappa shape index (κ1) is 23.0. The summed E-state index contributed by atoms with van der Waals surface area (Å²) in [7, 11) is 4.72. The summed E-state index contributed by atoms with van der Waals surface area (Å²) in [6.07, 6.45) is -0.0311. The monoisotopic (exact) mass is 469 g/mol. The molecule has 0 unspecified atom stereocenters. The number of hydrogen-bond acceptors (Lipinski definition) is 7. The molecule has 1 atom stereocenters. The molecule has 1 amide bonds. The zero-order valence-electron chi connectivity index (χ0n) is 19.2. The Bertz CT molecular complexity index is 1220. The molecule has 4 rings (SSSR count). The fraction of sp³-hybridized carbons (Fsp3) is 0.360. The zero-order valence-corrected chi connectivity index (χ0v) is 20.0. The Morgan fingerprint density at radius 1 is 1.09 bits per heavy atom. The van der Waals surface area contributed by atoms with Gasteiger partial charge in [-0.05, 0) is 30.2 Å². The maximum absolute atomic E-state index is 13.4. The molecule has 2 aromatic carbocycles. The molecule has 1 aliphatic heterocycles. The van der Waals surface area contributed by atoms with Gasteiger partial charge in [0.1, 0.15) is 22.8 Å². The third kappa shape index (κ3) is 4.53. The van der Waals surface area contributed by atoms with Gasteiger partial charge in [-0.1, -0.05) is 12.1 Å². The smallest absolute Gasteiger partial charge is 0.340 e. The predicted molar refractivity (Wildman–Crippen MR) is 129 cm³/mol. The lowest BCUT2D eigenvalue weighted by molar-refractivity contribution is -0.132. The lowest BCUT2D eigenvalue weighted by Crippen LogP contribution is -2.42. The van der Waals surface area contributed by atoms with Crippen molar-refractivity contribution in [1.29, 1.82) is 0 Å². The number of fused-ring (bicyclic) bond motifs is 1. The molecule has 0 saturated carbocycles. The summed E-state index contributed by atoms with van der Waals surface area (Å²) in [6.45, 7) is 2.45. The highest BCUT2D eigenvalue weighted by molar-refractivity contribution is 7.99. The van der Waals surface area contributed by atoms with Gasteiger partial charge in [0, 0.05) is 30.2 Å². The molecule has 0 aliphatic carbocycles. The summed E-state index contributed by atoms with van der Waals surface area (Å²) in [5.74, 6) is 3.39. The standard InChI is InChI=1S/C25H27NO6S/c1-15-19(25(28)32-22-12-18(30-3)11-21(31-4)24(15)22)13-23(27)26-9-10-33-14-20(26)16-5-7-17(29-2)8-6-16/h5-8,11-12,20H,9-10,13-14H2,1-4H3/t20-/m0/s1. The van der Waals surface area contributed by atoms with Gasteiger partial charge in [-0.15, -0.1) is 0 Å². The van der Waals surface area contributed by atoms with Gasteiger partial charge < -0.3 is 23.5 Å². The molecule has 1 aliphatic rings. The number of amides is 1. The SMILES string of the molecule is COc1ccc([C@@H]2CSCCN2C(=O)Cc2c(C)c3c(OC)cc(OC)cc3oc2=O)cc1. The number of nitrogens with zero attached hydrogens (tertiary/aromatic N) is 1. The number of hydrogen-bond donors (Lipinski definition) is 0. The van der Waals surface area contributed by atoms with Crippen LogP contribution >= 0.6 is 11.8 Å². The van der Waals surface area contributed by atoms with Gasteiger partial charge in [0.05, 0.1) is 44.7 Å². The highest BCUT2D eigenvalue weighted by Gasteiger charge is 2.30. The number of methoxy groups -OCH3 is 3. The number of carbonyl (C=O) groups excluding carboxylic acids is 1. The van der Waals surface area contributed by atoms with Crippen molar-refractivity contribution in [3.63, 3.8) is 0 Å². The first-order chi connectivity index (χ1) is 16.0. The lowest BCUT2D eigenvalue weighted by atomic mass is 10.0. The Labute approximate surface area is 196 Å². The van der Waals surface area contributed by atoms with Crippen molar-refractivity contribution in [3.8, 4) is 17.2 Å². The van der Waals surface area contributed by atoms with E-state index in [1.54, 1.807) is 26.4 Å². The maximum Gasteiger partial charge on any atom is 0.340 e. The summed E-state index contributed by atoms with van der Waals surface area (Å²) in [5.41, 5.74) is 1.93. The average molecular weight is 470 g/mol. The number of ether oxygens (including phenoxy) is 3. The molecule has 1 saturated heterocycles. The van der Waals surface area contributed by atoms with Gasteiger partial charge >= 0.3 is 5.63 Å². The molecule has 1 fully saturated rings. The molecule has 0 spiro atoms. The minimum absolute atomic E-state index is 0.0311. The summed E-state index contributed by atoms with van der Waals surface area (Å²) in [6, 6.07) is 11.1. The van der Waals surface area contributed by atoms with Crippen molar-refractivity contribution in [1.82, 2.24) is 4.90 Å². The molecule has 3 aromatic rings. The normalized spacial score (nSPS) is 16.0. The fourth-order valence-electron chi connectivity index (χ4n) is 4.22. The fourth-order valence-corrected chi connectivity index (χ4v) is 5.31. The van der Waals surface area contributed by atoms with Gasteiger partial charge in [0.25, 0.3) is 0 Å². The van der Waals surface area contributed by atoms with Crippen LogP contribution in [0.2, 0.25) is 0 Å². The van der Waals surface area contributed by atoms with Gasteiger partial charge in [0.2, 0.25) is 5.91 Å². The van der Waals surface area contributed by atoms with Crippen molar-refractivity contribution in [2.75, 3.05) is 39.4 Å². The summed E-state index contributed by atoms with van der Waals surface area (Å²) in [4.78, 5) is 28.2. The van der Waals surface area contributed by atoms with Gasteiger partial charge in [0.15, 0.2) is 0 Å². The van der Waals surface area contributed by atoms with Crippen LogP contribution in [-0.4, -0.2) is 50.2 Å². The predicted octanol–water partition coefficient (Wildman–Crippen LogP) is 3.99. The summed E-state index contributed by atoms with van der Waals surface area (Å²) in [5, 5.41) is 0.668. The van der Waals surface area contributed by atoms with Crippen LogP contribution in [0.4, 0.5) is 0 Å². The van der Waals surface area contributed by atoms with Crippen molar-refractivity contribution >= 4 is 28.6 Å². The van der Waals surface area contributed by atoms with E-state index < -0.39 is 5.63 Å². The van der Waals surface area contributed by atoms with Crippen LogP contribution in [0, 0.1) is 6.92 Å². The Kier molecular flexibility index (Phi) is 6.83. The van der Waals surface area contributed by atoms with Gasteiger partial charge in [-0.3, -0.25) is 4.79 Å². The molecular weight excluding hydrogens is 442 g/mol. The van der Waals surface area contributed by atoms with E-state index in [2.05, 4.69) is 0 Å². The zero-order chi connectivity index (χ0) is 23.5. The first-order valence-corrected chi connectivity index (χ1v) is 11.8. The molecule has 0 bridgehead atoms. The van der Waals surface area contributed by atoms with E-state index in [1.807, 2.05) is 47.9 Å². The van der Waals surface area contributed by atoms with Crippen molar-refractivity contribution in [2.24, 2.45) is 0 Å². The minimum atomic E-state index is -0.518. The van der Waals surface area contributed by atoms with Gasteiger partial charge in [-0.25, -0.2) is 4.79 Å². The van der Waals surface area contributed by atoms with Crippen LogP contribution < -0.4 is 19.8 Å². The average Bonchev–Trinajstić information content (AvgIpc) is 2.85. The molecule has 2 heterocycles. The number of benzene rings is 2. The van der Waals surface area contributed by atoms with E-state index in [1.165, 1.54) is 7.11 Å². The number of rotatable bonds is 6. The van der Waals surface area contributed by atoms with Crippen molar-refractivity contribution < 1.29 is 23.4 Å². The third-order valence-corrected chi connectivity index (χ3v) is 7.07. The van der Waals surface area contributed by atoms with Gasteiger partial charge in [-0.2, -0.15) is 11.8 Å². The van der Waals surface area contributed by atoms with E-state index in [4.69, 9.17) is 18.6 Å². The van der Waals surface area contributed by atoms with E-state index in [0.29, 0.717) is 40.1 Å². The maximum atomic E-state index is 13.4. The van der Waals surface area contributed by atoms with Crippen molar-refractivity contribution in [3.05, 3.63) is 63.5 Å². The van der Waals surface area contributed by atoms with E-state index in [-0.39, 0.29) is 18.4 Å². The highest BCUT2D eigenvalue weighted by atomic mass is 32.2. The summed E-state index contributed by atoms with van der Waals surface area (Å²) >= 11 is 1.82. The number of carbonyl (C=O) groups is 1. The Balaban J connectivity index is 1.67. The second-order valence-electron chi connectivity index (χ2n) is 7.82. The quantitative estimate of drug-likeness (QED) is 0.505. The Morgan fingerprint density at radius 3 is 2.48 bits per heavy atom. The van der Waals surface area contributed by atoms with E-state index >= 15 is 0 Å². The molecule has 7 nitrogen and oxygen atoms in total. The molecule has 174 valence electrons. The lowest BCUT2D eigenvalue weighted by Gasteiger charge is -2.36.